The number of benzene rings is 1. The fraction of sp³-hybridized carbons (Fsp3) is 0.630. The number of rotatable bonds is 15. The zero-order valence-electron chi connectivity index (χ0n) is 23.0. The number of alkyl carbamates (subject to hydrolysis) is 1. The summed E-state index contributed by atoms with van der Waals surface area (Å²) in [5, 5.41) is 5.49. The maximum Gasteiger partial charge on any atom is 0.408 e. The van der Waals surface area contributed by atoms with Crippen LogP contribution in [0.3, 0.4) is 0 Å². The van der Waals surface area contributed by atoms with Crippen LogP contribution in [-0.4, -0.2) is 36.2 Å². The van der Waals surface area contributed by atoms with Crippen molar-refractivity contribution in [2.24, 2.45) is 23.7 Å². The molecule has 0 bridgehead atoms. The van der Waals surface area contributed by atoms with E-state index in [0.717, 1.165) is 11.8 Å². The third-order valence-corrected chi connectivity index (χ3v) is 5.37. The van der Waals surface area contributed by atoms with Gasteiger partial charge in [-0.1, -0.05) is 71.9 Å². The zero-order valence-corrected chi connectivity index (χ0v) is 26.0. The first-order valence-corrected chi connectivity index (χ1v) is 12.3. The summed E-state index contributed by atoms with van der Waals surface area (Å²) in [4.78, 5) is 50.0. The number of ether oxygens (including phenoxy) is 1. The fourth-order valence-corrected chi connectivity index (χ4v) is 3.82. The SMILES string of the molecule is CC(C)C[C@@H](C=O)CC(=O)[C@H](CC(C)C)NC(=O)[C@H](CC(C)C)NC(=O)OCc1ccccc1.S.S.S. The van der Waals surface area contributed by atoms with Crippen molar-refractivity contribution in [3.63, 3.8) is 0 Å². The average Bonchev–Trinajstić information content (AvgIpc) is 2.76. The Labute approximate surface area is 244 Å². The summed E-state index contributed by atoms with van der Waals surface area (Å²) in [6.07, 6.45) is 1.74. The van der Waals surface area contributed by atoms with Gasteiger partial charge in [-0.05, 0) is 42.6 Å². The lowest BCUT2D eigenvalue weighted by Crippen LogP contribution is -2.52. The van der Waals surface area contributed by atoms with Crippen LogP contribution in [0.5, 0.6) is 0 Å². The van der Waals surface area contributed by atoms with Crippen LogP contribution < -0.4 is 10.6 Å². The molecule has 0 saturated carbocycles. The molecule has 0 saturated heterocycles. The van der Waals surface area contributed by atoms with Gasteiger partial charge in [-0.15, -0.1) is 0 Å². The molecule has 1 aromatic carbocycles. The monoisotopic (exact) mass is 576 g/mol. The minimum absolute atomic E-state index is 0. The van der Waals surface area contributed by atoms with Crippen LogP contribution in [0.4, 0.5) is 4.79 Å². The molecule has 0 heterocycles. The van der Waals surface area contributed by atoms with Gasteiger partial charge in [-0.25, -0.2) is 4.79 Å². The van der Waals surface area contributed by atoms with Crippen molar-refractivity contribution in [1.29, 1.82) is 0 Å². The molecule has 0 spiro atoms. The molecule has 0 aliphatic carbocycles. The molecule has 2 N–H and O–H groups in total. The molecule has 1 rings (SSSR count). The summed E-state index contributed by atoms with van der Waals surface area (Å²) in [5.41, 5.74) is 0.844. The zero-order chi connectivity index (χ0) is 25.7. The van der Waals surface area contributed by atoms with Gasteiger partial charge in [0, 0.05) is 12.3 Å². The van der Waals surface area contributed by atoms with Gasteiger partial charge in [0.2, 0.25) is 5.91 Å². The Morgan fingerprint density at radius 1 is 0.784 bits per heavy atom. The number of hydrogen-bond acceptors (Lipinski definition) is 5. The van der Waals surface area contributed by atoms with E-state index in [0.29, 0.717) is 25.2 Å². The molecular weight excluding hydrogens is 529 g/mol. The molecule has 0 fully saturated rings. The van der Waals surface area contributed by atoms with Crippen molar-refractivity contribution in [2.45, 2.75) is 85.9 Å². The predicted molar refractivity (Wildman–Crippen MR) is 164 cm³/mol. The lowest BCUT2D eigenvalue weighted by molar-refractivity contribution is -0.130. The van der Waals surface area contributed by atoms with Gasteiger partial charge in [0.1, 0.15) is 18.9 Å². The highest BCUT2D eigenvalue weighted by molar-refractivity contribution is 7.59. The Morgan fingerprint density at radius 2 is 1.30 bits per heavy atom. The van der Waals surface area contributed by atoms with Crippen LogP contribution in [-0.2, 0) is 25.7 Å². The summed E-state index contributed by atoms with van der Waals surface area (Å²) in [5.74, 6) is -0.346. The van der Waals surface area contributed by atoms with Gasteiger partial charge >= 0.3 is 6.09 Å². The van der Waals surface area contributed by atoms with Gasteiger partial charge < -0.3 is 20.2 Å². The first kappa shape index (κ1) is 39.9. The van der Waals surface area contributed by atoms with E-state index in [2.05, 4.69) is 10.6 Å². The van der Waals surface area contributed by atoms with Crippen LogP contribution in [0.15, 0.2) is 30.3 Å². The Kier molecular flexibility index (Phi) is 22.9. The number of hydrogen-bond donors (Lipinski definition) is 2. The fourth-order valence-electron chi connectivity index (χ4n) is 3.82. The van der Waals surface area contributed by atoms with Crippen LogP contribution in [0.2, 0.25) is 0 Å². The average molecular weight is 577 g/mol. The van der Waals surface area contributed by atoms with E-state index in [1.54, 1.807) is 0 Å². The van der Waals surface area contributed by atoms with E-state index in [-0.39, 0.29) is 77.1 Å². The summed E-state index contributed by atoms with van der Waals surface area (Å²) in [6, 6.07) is 7.74. The first-order chi connectivity index (χ1) is 16.0. The minimum Gasteiger partial charge on any atom is -0.445 e. The maximum atomic E-state index is 13.1. The number of carbonyl (C=O) groups is 4. The summed E-state index contributed by atoms with van der Waals surface area (Å²) < 4.78 is 5.28. The lowest BCUT2D eigenvalue weighted by atomic mass is 9.89. The summed E-state index contributed by atoms with van der Waals surface area (Å²) in [7, 11) is 0. The highest BCUT2D eigenvalue weighted by atomic mass is 32.1. The number of ketones is 1. The molecule has 0 aliphatic rings. The predicted octanol–water partition coefficient (Wildman–Crippen LogP) is 5.02. The number of carbonyl (C=O) groups excluding carboxylic acids is 4. The van der Waals surface area contributed by atoms with Gasteiger partial charge in [0.25, 0.3) is 0 Å². The second kappa shape index (κ2) is 21.3. The quantitative estimate of drug-likeness (QED) is 0.286. The topological polar surface area (TPSA) is 102 Å². The number of nitrogens with one attached hydrogen (secondary N) is 2. The molecule has 2 amide bonds. The van der Waals surface area contributed by atoms with Crippen molar-refractivity contribution in [3.8, 4) is 0 Å². The van der Waals surface area contributed by atoms with Gasteiger partial charge in [-0.3, -0.25) is 9.59 Å². The molecule has 0 aliphatic heterocycles. The molecule has 0 radical (unpaired) electrons. The van der Waals surface area contributed by atoms with Crippen molar-refractivity contribution in [2.75, 3.05) is 0 Å². The lowest BCUT2D eigenvalue weighted by Gasteiger charge is -2.25. The second-order valence-electron chi connectivity index (χ2n) is 10.3. The molecule has 0 aromatic heterocycles. The van der Waals surface area contributed by atoms with Crippen molar-refractivity contribution in [3.05, 3.63) is 35.9 Å². The number of aldehydes is 1. The maximum absolute atomic E-state index is 13.1. The number of Topliss-reactive ketones (excluding diaryl/α,β-unsaturated/α-hetero) is 1. The molecule has 214 valence electrons. The smallest absolute Gasteiger partial charge is 0.408 e. The minimum atomic E-state index is -0.830. The normalized spacial score (nSPS) is 12.8. The van der Waals surface area contributed by atoms with E-state index in [1.165, 1.54) is 0 Å². The molecule has 10 heteroatoms. The van der Waals surface area contributed by atoms with E-state index < -0.39 is 24.1 Å². The molecule has 3 atom stereocenters. The largest absolute Gasteiger partial charge is 0.445 e. The van der Waals surface area contributed by atoms with Crippen molar-refractivity contribution in [1.82, 2.24) is 10.6 Å². The summed E-state index contributed by atoms with van der Waals surface area (Å²) in [6.45, 7) is 12.0. The Hall–Kier alpha value is -1.65. The van der Waals surface area contributed by atoms with Crippen LogP contribution in [0.25, 0.3) is 0 Å². The molecule has 37 heavy (non-hydrogen) atoms. The molecule has 0 unspecified atom stereocenters. The standard InChI is InChI=1S/C27H42N2O5.3H2S/c1-18(2)12-22(16-30)15-25(31)23(13-19(3)4)28-26(32)24(14-20(5)6)29-27(33)34-17-21-10-8-7-9-11-21;;;/h7-11,16,18-20,22-24H,12-15,17H2,1-6H3,(H,28,32)(H,29,33);3*1H2/t22-,23+,24+;;;/m1.../s1. The van der Waals surface area contributed by atoms with Gasteiger partial charge in [0.15, 0.2) is 5.78 Å². The third kappa shape index (κ3) is 17.5. The van der Waals surface area contributed by atoms with Crippen molar-refractivity contribution < 1.29 is 23.9 Å². The molecular formula is C27H48N2O5S3. The van der Waals surface area contributed by atoms with E-state index in [4.69, 9.17) is 4.74 Å². The number of amides is 2. The highest BCUT2D eigenvalue weighted by Gasteiger charge is 2.29. The van der Waals surface area contributed by atoms with Crippen LogP contribution >= 0.6 is 40.5 Å². The second-order valence-corrected chi connectivity index (χ2v) is 10.3. The van der Waals surface area contributed by atoms with E-state index >= 15 is 0 Å². The summed E-state index contributed by atoms with van der Waals surface area (Å²) >= 11 is 0. The third-order valence-electron chi connectivity index (χ3n) is 5.37. The van der Waals surface area contributed by atoms with Gasteiger partial charge in [0.05, 0.1) is 6.04 Å². The highest BCUT2D eigenvalue weighted by Crippen LogP contribution is 2.17. The Bertz CT molecular complexity index is 792. The van der Waals surface area contributed by atoms with Crippen LogP contribution in [0.1, 0.15) is 72.8 Å². The van der Waals surface area contributed by atoms with Gasteiger partial charge in [-0.2, -0.15) is 40.5 Å². The first-order valence-electron chi connectivity index (χ1n) is 12.3. The molecule has 1 aromatic rings. The Morgan fingerprint density at radius 3 is 1.78 bits per heavy atom. The molecule has 7 nitrogen and oxygen atoms in total. The van der Waals surface area contributed by atoms with Crippen LogP contribution in [0, 0.1) is 23.7 Å². The van der Waals surface area contributed by atoms with E-state index in [1.807, 2.05) is 71.9 Å². The van der Waals surface area contributed by atoms with E-state index in [9.17, 15) is 19.2 Å². The van der Waals surface area contributed by atoms with Crippen molar-refractivity contribution >= 4 is 64.6 Å². The Balaban J connectivity index is -0.00000385.